The second-order valence-corrected chi connectivity index (χ2v) is 9.99. The predicted molar refractivity (Wildman–Crippen MR) is 146 cm³/mol. The van der Waals surface area contributed by atoms with Crippen LogP contribution in [0.1, 0.15) is 97.0 Å². The summed E-state index contributed by atoms with van der Waals surface area (Å²) in [5.41, 5.74) is 1.09. The smallest absolute Gasteiger partial charge is 0.334 e. The van der Waals surface area contributed by atoms with Crippen LogP contribution < -0.4 is 14.8 Å². The molecule has 2 aromatic rings. The second kappa shape index (κ2) is 17.6. The van der Waals surface area contributed by atoms with E-state index in [0.29, 0.717) is 30.9 Å². The van der Waals surface area contributed by atoms with Crippen molar-refractivity contribution in [1.82, 2.24) is 5.32 Å². The third-order valence-electron chi connectivity index (χ3n) is 6.12. The van der Waals surface area contributed by atoms with E-state index in [1.165, 1.54) is 44.9 Å². The summed E-state index contributed by atoms with van der Waals surface area (Å²) >= 11 is 0. The van der Waals surface area contributed by atoms with Gasteiger partial charge in [0.15, 0.2) is 0 Å². The highest BCUT2D eigenvalue weighted by atomic mass is 16.5. The molecule has 1 amide bonds. The number of esters is 1. The third kappa shape index (κ3) is 12.8. The van der Waals surface area contributed by atoms with Crippen LogP contribution in [-0.4, -0.2) is 17.9 Å². The summed E-state index contributed by atoms with van der Waals surface area (Å²) in [4.78, 5) is 25.3. The Balaban J connectivity index is 1.73. The number of ether oxygens (including phenoxy) is 2. The van der Waals surface area contributed by atoms with Gasteiger partial charge >= 0.3 is 5.97 Å². The van der Waals surface area contributed by atoms with Gasteiger partial charge in [0.2, 0.25) is 5.91 Å². The van der Waals surface area contributed by atoms with Crippen LogP contribution in [0.4, 0.5) is 0 Å². The fraction of sp³-hybridized carbons (Fsp3) is 0.548. The molecule has 2 rings (SSSR count). The van der Waals surface area contributed by atoms with E-state index in [1.807, 2.05) is 44.2 Å². The van der Waals surface area contributed by atoms with E-state index in [1.54, 1.807) is 24.3 Å². The molecule has 5 heteroatoms. The Kier molecular flexibility index (Phi) is 14.4. The Labute approximate surface area is 218 Å². The average Bonchev–Trinajstić information content (AvgIpc) is 2.87. The quantitative estimate of drug-likeness (QED) is 0.131. The van der Waals surface area contributed by atoms with Crippen LogP contribution in [0.3, 0.4) is 0 Å². The summed E-state index contributed by atoms with van der Waals surface area (Å²) in [5.74, 6) is 0.886. The molecule has 0 heterocycles. The van der Waals surface area contributed by atoms with Crippen LogP contribution in [0, 0.1) is 5.92 Å². The Morgan fingerprint density at radius 2 is 1.36 bits per heavy atom. The van der Waals surface area contributed by atoms with Gasteiger partial charge in [0.1, 0.15) is 24.1 Å². The topological polar surface area (TPSA) is 64.6 Å². The number of amides is 1. The molecule has 0 bridgehead atoms. The maximum Gasteiger partial charge on any atom is 0.334 e. The second-order valence-electron chi connectivity index (χ2n) is 9.99. The number of hydrogen-bond acceptors (Lipinski definition) is 4. The Morgan fingerprint density at radius 1 is 0.778 bits per heavy atom. The molecule has 0 fully saturated rings. The number of carbonyl (C=O) groups excluding carboxylic acids is 2. The average molecular weight is 496 g/mol. The van der Waals surface area contributed by atoms with Crippen molar-refractivity contribution in [2.24, 2.45) is 5.92 Å². The van der Waals surface area contributed by atoms with Crippen molar-refractivity contribution in [2.45, 2.75) is 104 Å². The van der Waals surface area contributed by atoms with Crippen molar-refractivity contribution < 1.29 is 19.1 Å². The molecular formula is C31H45NO4. The van der Waals surface area contributed by atoms with Crippen LogP contribution in [0.2, 0.25) is 0 Å². The molecule has 1 N–H and O–H groups in total. The Hall–Kier alpha value is -2.82. The minimum Gasteiger partial charge on any atom is -0.489 e. The fourth-order valence-electron chi connectivity index (χ4n) is 4.08. The maximum atomic E-state index is 12.8. The van der Waals surface area contributed by atoms with Gasteiger partial charge in [0, 0.05) is 6.42 Å². The first-order valence-electron chi connectivity index (χ1n) is 13.8. The minimum atomic E-state index is -0.648. The normalized spacial score (nSPS) is 11.8. The largest absolute Gasteiger partial charge is 0.489 e. The zero-order valence-electron chi connectivity index (χ0n) is 22.5. The zero-order chi connectivity index (χ0) is 26.0. The van der Waals surface area contributed by atoms with Gasteiger partial charge in [-0.25, -0.2) is 4.79 Å². The van der Waals surface area contributed by atoms with Crippen molar-refractivity contribution in [3.63, 3.8) is 0 Å². The van der Waals surface area contributed by atoms with Crippen molar-refractivity contribution >= 4 is 11.9 Å². The lowest BCUT2D eigenvalue weighted by atomic mass is 10.0. The van der Waals surface area contributed by atoms with Crippen molar-refractivity contribution in [2.75, 3.05) is 0 Å². The van der Waals surface area contributed by atoms with Crippen LogP contribution in [0.15, 0.2) is 54.6 Å². The highest BCUT2D eigenvalue weighted by Gasteiger charge is 2.24. The molecule has 0 unspecified atom stereocenters. The fourth-order valence-corrected chi connectivity index (χ4v) is 4.08. The lowest BCUT2D eigenvalue weighted by Crippen LogP contribution is -2.43. The maximum absolute atomic E-state index is 12.8. The van der Waals surface area contributed by atoms with Gasteiger partial charge in [-0.2, -0.15) is 0 Å². The number of nitrogens with one attached hydrogen (secondary N) is 1. The van der Waals surface area contributed by atoms with Gasteiger partial charge in [-0.3, -0.25) is 4.79 Å². The van der Waals surface area contributed by atoms with Gasteiger partial charge in [-0.1, -0.05) is 102 Å². The molecule has 0 aliphatic rings. The van der Waals surface area contributed by atoms with Gasteiger partial charge < -0.3 is 14.8 Å². The Bertz CT molecular complexity index is 864. The molecule has 0 saturated carbocycles. The molecule has 0 saturated heterocycles. The summed E-state index contributed by atoms with van der Waals surface area (Å²) in [6, 6.07) is 16.3. The third-order valence-corrected chi connectivity index (χ3v) is 6.12. The number of unbranched alkanes of at least 4 members (excludes halogenated alkanes) is 8. The molecule has 36 heavy (non-hydrogen) atoms. The molecule has 5 nitrogen and oxygen atoms in total. The van der Waals surface area contributed by atoms with E-state index < -0.39 is 12.0 Å². The highest BCUT2D eigenvalue weighted by molar-refractivity contribution is 5.85. The van der Waals surface area contributed by atoms with E-state index in [4.69, 9.17) is 9.47 Å². The molecule has 0 aromatic heterocycles. The van der Waals surface area contributed by atoms with Crippen LogP contribution in [0.5, 0.6) is 11.5 Å². The van der Waals surface area contributed by atoms with Crippen LogP contribution in [-0.2, 0) is 16.2 Å². The first kappa shape index (κ1) is 29.4. The van der Waals surface area contributed by atoms with Crippen LogP contribution in [0.25, 0.3) is 0 Å². The summed E-state index contributed by atoms with van der Waals surface area (Å²) in [6.07, 6.45) is 11.8. The molecular weight excluding hydrogens is 450 g/mol. The minimum absolute atomic E-state index is 0.0785. The summed E-state index contributed by atoms with van der Waals surface area (Å²) < 4.78 is 11.4. The van der Waals surface area contributed by atoms with Crippen molar-refractivity contribution in [1.29, 1.82) is 0 Å². The first-order chi connectivity index (χ1) is 17.5. The monoisotopic (exact) mass is 495 g/mol. The van der Waals surface area contributed by atoms with Crippen molar-refractivity contribution in [3.8, 4) is 11.5 Å². The van der Waals surface area contributed by atoms with Gasteiger partial charge in [0.25, 0.3) is 0 Å². The van der Waals surface area contributed by atoms with E-state index in [0.717, 1.165) is 18.4 Å². The molecule has 198 valence electrons. The zero-order valence-corrected chi connectivity index (χ0v) is 22.5. The van der Waals surface area contributed by atoms with E-state index in [9.17, 15) is 9.59 Å². The molecule has 0 spiro atoms. The Morgan fingerprint density at radius 3 is 1.97 bits per heavy atom. The van der Waals surface area contributed by atoms with E-state index >= 15 is 0 Å². The molecule has 0 aliphatic carbocycles. The van der Waals surface area contributed by atoms with E-state index in [2.05, 4.69) is 12.2 Å². The summed E-state index contributed by atoms with van der Waals surface area (Å²) in [5, 5.41) is 2.91. The molecule has 1 atom stereocenters. The highest BCUT2D eigenvalue weighted by Crippen LogP contribution is 2.20. The number of benzene rings is 2. The molecule has 2 aromatic carbocycles. The summed E-state index contributed by atoms with van der Waals surface area (Å²) in [6.45, 7) is 6.77. The van der Waals surface area contributed by atoms with Gasteiger partial charge in [-0.05, 0) is 48.6 Å². The standard InChI is InChI=1S/C31H45NO4/c1-4-5-6-7-8-9-10-11-15-18-30(33)32-29(23-25(2)3)31(34)36-28-21-19-27(20-22-28)35-24-26-16-13-12-14-17-26/h12-14,16-17,19-22,25,29H,4-11,15,18,23-24H2,1-3H3,(H,32,33)/t29-/m0/s1. The van der Waals surface area contributed by atoms with Crippen LogP contribution >= 0.6 is 0 Å². The predicted octanol–water partition coefficient (Wildman–Crippen LogP) is 7.62. The molecule has 0 radical (unpaired) electrons. The number of rotatable bonds is 18. The van der Waals surface area contributed by atoms with E-state index in [-0.39, 0.29) is 11.8 Å². The molecule has 0 aliphatic heterocycles. The summed E-state index contributed by atoms with van der Waals surface area (Å²) in [7, 11) is 0. The number of hydrogen-bond donors (Lipinski definition) is 1. The number of carbonyl (C=O) groups is 2. The van der Waals surface area contributed by atoms with Gasteiger partial charge in [0.05, 0.1) is 0 Å². The van der Waals surface area contributed by atoms with Crippen molar-refractivity contribution in [3.05, 3.63) is 60.2 Å². The lowest BCUT2D eigenvalue weighted by molar-refractivity contribution is -0.139. The SMILES string of the molecule is CCCCCCCCCCCC(=O)N[C@@H](CC(C)C)C(=O)Oc1ccc(OCc2ccccc2)cc1. The first-order valence-corrected chi connectivity index (χ1v) is 13.8. The lowest BCUT2D eigenvalue weighted by Gasteiger charge is -2.19. The van der Waals surface area contributed by atoms with Gasteiger partial charge in [-0.15, -0.1) is 0 Å².